The molecule has 19 heteroatoms. The highest BCUT2D eigenvalue weighted by atomic mass is 31.2. The van der Waals surface area contributed by atoms with Crippen LogP contribution < -0.4 is 0 Å². The first-order chi connectivity index (χ1) is 28.3. The number of phosphoric ester groups is 2. The number of hydrogen-bond acceptors (Lipinski definition) is 14. The summed E-state index contributed by atoms with van der Waals surface area (Å²) in [5, 5.41) is 41.0. The normalized spacial score (nSPS) is 20.9. The van der Waals surface area contributed by atoms with E-state index in [1.165, 1.54) is 32.1 Å². The number of aliphatic hydroxyl groups excluding tert-OH is 4. The van der Waals surface area contributed by atoms with Gasteiger partial charge in [0, 0.05) is 43.9 Å². The van der Waals surface area contributed by atoms with Gasteiger partial charge in [0.05, 0.1) is 38.1 Å². The molecule has 7 N–H and O–H groups in total. The Morgan fingerprint density at radius 1 is 0.683 bits per heavy atom. The molecule has 352 valence electrons. The molecule has 1 aliphatic rings. The van der Waals surface area contributed by atoms with Crippen LogP contribution in [0.3, 0.4) is 0 Å². The smallest absolute Gasteiger partial charge is 0.462 e. The molecule has 60 heavy (non-hydrogen) atoms. The van der Waals surface area contributed by atoms with Gasteiger partial charge in [0.1, 0.15) is 18.5 Å². The monoisotopic (exact) mass is 902 g/mol. The molecule has 1 rings (SSSR count). The maximum absolute atomic E-state index is 12.8. The zero-order valence-corrected chi connectivity index (χ0v) is 37.8. The molecule has 0 heterocycles. The average Bonchev–Trinajstić information content (AvgIpc) is 3.43. The number of unbranched alkanes of at least 4 members (excludes halogenated alkanes) is 11. The van der Waals surface area contributed by atoms with E-state index in [1.807, 2.05) is 0 Å². The van der Waals surface area contributed by atoms with Crippen molar-refractivity contribution in [2.24, 2.45) is 17.8 Å². The van der Waals surface area contributed by atoms with E-state index >= 15 is 0 Å². The Kier molecular flexibility index (Phi) is 30.2. The molecular formula is C41H76O17P2. The van der Waals surface area contributed by atoms with Crippen molar-refractivity contribution in [3.63, 3.8) is 0 Å². The predicted molar refractivity (Wildman–Crippen MR) is 223 cm³/mol. The number of carbonyl (C=O) groups is 3. The Morgan fingerprint density at radius 3 is 1.87 bits per heavy atom. The standard InChI is InChI=1S/C41H76O17P2/c1-4-5-13-19-32(42)23-24-36-37(39(46)26-38(36)45)25-33(43)20-16-17-21-40(47)54-29-35(30-57-60(52,53)56-28-34(44)27-55-59(49,50)51)58-41(48)22-15-12-10-8-6-7-9-11-14-18-31(2)3/h23-24,31-32,34-39,42,44-46H,4-22,25-30H2,1-3H3,(H,52,53)(H2,49,50,51)/b24-23+/t32-,34-,35+,36+,37+,38+,39-/m0/s1. The molecule has 0 aromatic heterocycles. The van der Waals surface area contributed by atoms with Gasteiger partial charge < -0.3 is 44.6 Å². The van der Waals surface area contributed by atoms with Gasteiger partial charge in [-0.25, -0.2) is 9.13 Å². The number of ether oxygens (including phenoxy) is 2. The maximum Gasteiger partial charge on any atom is 0.472 e. The number of carbonyl (C=O) groups excluding carboxylic acids is 3. The molecule has 8 atom stereocenters. The second-order valence-electron chi connectivity index (χ2n) is 16.4. The summed E-state index contributed by atoms with van der Waals surface area (Å²) >= 11 is 0. The quantitative estimate of drug-likeness (QED) is 0.0154. The van der Waals surface area contributed by atoms with Crippen LogP contribution in [0.1, 0.15) is 156 Å². The molecule has 0 aromatic carbocycles. The zero-order chi connectivity index (χ0) is 45.0. The van der Waals surface area contributed by atoms with Gasteiger partial charge >= 0.3 is 27.6 Å². The van der Waals surface area contributed by atoms with Crippen molar-refractivity contribution >= 4 is 33.4 Å². The summed E-state index contributed by atoms with van der Waals surface area (Å²) in [4.78, 5) is 65.7. The van der Waals surface area contributed by atoms with Crippen LogP contribution in [-0.4, -0.2) is 110 Å². The van der Waals surface area contributed by atoms with Crippen LogP contribution in [-0.2, 0) is 46.6 Å². The van der Waals surface area contributed by atoms with Gasteiger partial charge in [-0.15, -0.1) is 0 Å². The first-order valence-electron chi connectivity index (χ1n) is 21.9. The number of hydrogen-bond donors (Lipinski definition) is 7. The molecule has 0 aliphatic heterocycles. The Labute approximate surface area is 356 Å². The molecule has 0 radical (unpaired) electrons. The second kappa shape index (κ2) is 32.1. The fourth-order valence-corrected chi connectivity index (χ4v) is 8.04. The summed E-state index contributed by atoms with van der Waals surface area (Å²) in [7, 11) is -9.80. The van der Waals surface area contributed by atoms with Gasteiger partial charge in [-0.05, 0) is 31.6 Å². The van der Waals surface area contributed by atoms with Crippen molar-refractivity contribution in [2.45, 2.75) is 186 Å². The Hall–Kier alpha value is -1.59. The number of phosphoric acid groups is 2. The highest BCUT2D eigenvalue weighted by Crippen LogP contribution is 2.44. The van der Waals surface area contributed by atoms with Crippen LogP contribution in [0.15, 0.2) is 12.2 Å². The van der Waals surface area contributed by atoms with Crippen molar-refractivity contribution in [1.82, 2.24) is 0 Å². The van der Waals surface area contributed by atoms with Crippen LogP contribution in [0.4, 0.5) is 0 Å². The number of aliphatic hydroxyl groups is 4. The molecule has 0 aromatic rings. The minimum absolute atomic E-state index is 0.0356. The largest absolute Gasteiger partial charge is 0.472 e. The van der Waals surface area contributed by atoms with Crippen molar-refractivity contribution in [1.29, 1.82) is 0 Å². The van der Waals surface area contributed by atoms with Gasteiger partial charge in [0.25, 0.3) is 0 Å². The Balaban J connectivity index is 2.59. The molecule has 1 unspecified atom stereocenters. The van der Waals surface area contributed by atoms with E-state index in [-0.39, 0.29) is 44.3 Å². The van der Waals surface area contributed by atoms with Gasteiger partial charge in [0.2, 0.25) is 0 Å². The minimum atomic E-state index is -4.90. The van der Waals surface area contributed by atoms with E-state index in [0.29, 0.717) is 19.3 Å². The highest BCUT2D eigenvalue weighted by molar-refractivity contribution is 7.47. The van der Waals surface area contributed by atoms with E-state index in [4.69, 9.17) is 23.8 Å². The van der Waals surface area contributed by atoms with Crippen molar-refractivity contribution < 1.29 is 81.7 Å². The van der Waals surface area contributed by atoms with Gasteiger partial charge in [-0.1, -0.05) is 110 Å². The fourth-order valence-electron chi connectivity index (χ4n) is 6.88. The lowest BCUT2D eigenvalue weighted by Gasteiger charge is -2.21. The Morgan fingerprint density at radius 2 is 1.23 bits per heavy atom. The number of Topliss-reactive ketones (excluding diaryl/α,β-unsaturated/α-hetero) is 1. The summed E-state index contributed by atoms with van der Waals surface area (Å²) in [6, 6.07) is 0. The topological polar surface area (TPSA) is 273 Å². The molecule has 17 nitrogen and oxygen atoms in total. The third-order valence-corrected chi connectivity index (χ3v) is 11.7. The molecule has 0 saturated heterocycles. The van der Waals surface area contributed by atoms with E-state index in [1.54, 1.807) is 12.2 Å². The average molecular weight is 903 g/mol. The lowest BCUT2D eigenvalue weighted by molar-refractivity contribution is -0.161. The Bertz CT molecular complexity index is 1310. The predicted octanol–water partition coefficient (Wildman–Crippen LogP) is 6.37. The molecule has 1 aliphatic carbocycles. The third-order valence-electron chi connectivity index (χ3n) is 10.3. The summed E-state index contributed by atoms with van der Waals surface area (Å²) in [5.74, 6) is -1.70. The van der Waals surface area contributed by atoms with Crippen LogP contribution in [0.2, 0.25) is 0 Å². The molecular weight excluding hydrogens is 826 g/mol. The third kappa shape index (κ3) is 29.7. The van der Waals surface area contributed by atoms with Crippen LogP contribution in [0.5, 0.6) is 0 Å². The number of esters is 2. The maximum atomic E-state index is 12.8. The lowest BCUT2D eigenvalue weighted by atomic mass is 9.87. The first kappa shape index (κ1) is 56.4. The van der Waals surface area contributed by atoms with Gasteiger partial charge in [-0.2, -0.15) is 0 Å². The van der Waals surface area contributed by atoms with E-state index in [0.717, 1.165) is 50.9 Å². The van der Waals surface area contributed by atoms with Crippen LogP contribution in [0.25, 0.3) is 0 Å². The van der Waals surface area contributed by atoms with Crippen molar-refractivity contribution in [3.8, 4) is 0 Å². The van der Waals surface area contributed by atoms with Crippen molar-refractivity contribution in [3.05, 3.63) is 12.2 Å². The van der Waals surface area contributed by atoms with E-state index in [2.05, 4.69) is 29.8 Å². The van der Waals surface area contributed by atoms with Crippen molar-refractivity contribution in [2.75, 3.05) is 26.4 Å². The first-order valence-corrected chi connectivity index (χ1v) is 24.9. The van der Waals surface area contributed by atoms with E-state index in [9.17, 15) is 48.8 Å². The summed E-state index contributed by atoms with van der Waals surface area (Å²) in [6.07, 6.45) is 13.0. The lowest BCUT2D eigenvalue weighted by Crippen LogP contribution is -2.30. The van der Waals surface area contributed by atoms with Gasteiger partial charge in [0.15, 0.2) is 6.10 Å². The van der Waals surface area contributed by atoms with Crippen LogP contribution >= 0.6 is 15.6 Å². The summed E-state index contributed by atoms with van der Waals surface area (Å²) < 4.78 is 47.6. The molecule has 0 spiro atoms. The SMILES string of the molecule is CCCCC[C@H](O)/C=C/[C@@H]1[C@@H](CC(=O)CCCCC(=O)OC[C@H](COP(=O)(O)OC[C@@H](O)COP(=O)(O)O)OC(=O)CCCCCCCCCCCC(C)C)[C@@H](O)C[C@H]1O. The molecule has 0 bridgehead atoms. The summed E-state index contributed by atoms with van der Waals surface area (Å²) in [6.45, 7) is 3.48. The number of ketones is 1. The zero-order valence-electron chi connectivity index (χ0n) is 36.1. The molecule has 1 saturated carbocycles. The van der Waals surface area contributed by atoms with Gasteiger partial charge in [-0.3, -0.25) is 28.0 Å². The number of rotatable bonds is 37. The molecule has 0 amide bonds. The molecule has 1 fully saturated rings. The van der Waals surface area contributed by atoms with E-state index < -0.39 is 96.4 Å². The summed E-state index contributed by atoms with van der Waals surface area (Å²) in [5.41, 5.74) is 0. The highest BCUT2D eigenvalue weighted by Gasteiger charge is 2.41. The minimum Gasteiger partial charge on any atom is -0.462 e. The van der Waals surface area contributed by atoms with Crippen LogP contribution in [0, 0.1) is 17.8 Å². The second-order valence-corrected chi connectivity index (χ2v) is 19.1. The fraction of sp³-hybridized carbons (Fsp3) is 0.878.